The van der Waals surface area contributed by atoms with E-state index in [4.69, 9.17) is 14.2 Å². The highest BCUT2D eigenvalue weighted by Crippen LogP contribution is 2.33. The van der Waals surface area contributed by atoms with Gasteiger partial charge in [0, 0.05) is 6.26 Å². The number of piperidine rings is 1. The van der Waals surface area contributed by atoms with Gasteiger partial charge in [-0.3, -0.25) is 0 Å². The SMILES string of the molecule is CS(=O)(=O)c1cccc(OC[C@@H](O)COC(=O)N[C@H]2COC3(CCNCC3)C2)c1. The van der Waals surface area contributed by atoms with Crippen LogP contribution in [0.15, 0.2) is 29.2 Å². The summed E-state index contributed by atoms with van der Waals surface area (Å²) in [7, 11) is -3.34. The number of benzene rings is 1. The lowest BCUT2D eigenvalue weighted by Gasteiger charge is -2.32. The fraction of sp³-hybridized carbons (Fsp3) is 0.632. The summed E-state index contributed by atoms with van der Waals surface area (Å²) in [4.78, 5) is 12.1. The number of aliphatic hydroxyl groups is 1. The van der Waals surface area contributed by atoms with E-state index in [1.807, 2.05) is 0 Å². The summed E-state index contributed by atoms with van der Waals surface area (Å²) in [6, 6.07) is 5.89. The highest BCUT2D eigenvalue weighted by Gasteiger charge is 2.41. The van der Waals surface area contributed by atoms with Crippen molar-refractivity contribution in [2.45, 2.75) is 41.9 Å². The van der Waals surface area contributed by atoms with Crippen LogP contribution in [0, 0.1) is 0 Å². The van der Waals surface area contributed by atoms with Gasteiger partial charge in [-0.1, -0.05) is 6.07 Å². The van der Waals surface area contributed by atoms with Gasteiger partial charge in [0.15, 0.2) is 9.84 Å². The molecule has 9 nitrogen and oxygen atoms in total. The van der Waals surface area contributed by atoms with Gasteiger partial charge >= 0.3 is 6.09 Å². The maximum atomic E-state index is 12.0. The van der Waals surface area contributed by atoms with Crippen LogP contribution in [0.5, 0.6) is 5.75 Å². The second kappa shape index (κ2) is 9.29. The van der Waals surface area contributed by atoms with E-state index in [2.05, 4.69) is 10.6 Å². The minimum atomic E-state index is -3.34. The van der Waals surface area contributed by atoms with Crippen LogP contribution >= 0.6 is 0 Å². The number of carbonyl (C=O) groups is 1. The topological polar surface area (TPSA) is 123 Å². The predicted octanol–water partition coefficient (Wildman–Crippen LogP) is 0.467. The van der Waals surface area contributed by atoms with E-state index in [1.54, 1.807) is 12.1 Å². The Hall–Kier alpha value is -1.88. The van der Waals surface area contributed by atoms with Crippen molar-refractivity contribution < 1.29 is 32.5 Å². The summed E-state index contributed by atoms with van der Waals surface area (Å²) in [6.45, 7) is 1.91. The molecule has 162 valence electrons. The number of amides is 1. The van der Waals surface area contributed by atoms with Gasteiger partial charge in [0.1, 0.15) is 25.1 Å². The number of rotatable bonds is 7. The summed E-state index contributed by atoms with van der Waals surface area (Å²) < 4.78 is 39.5. The zero-order valence-electron chi connectivity index (χ0n) is 16.4. The Bertz CT molecular complexity index is 809. The maximum absolute atomic E-state index is 12.0. The Balaban J connectivity index is 1.37. The molecule has 0 bridgehead atoms. The highest BCUT2D eigenvalue weighted by atomic mass is 32.2. The molecule has 2 atom stereocenters. The van der Waals surface area contributed by atoms with Crippen molar-refractivity contribution in [1.29, 1.82) is 0 Å². The summed E-state index contributed by atoms with van der Waals surface area (Å²) in [5.74, 6) is 0.312. The van der Waals surface area contributed by atoms with E-state index in [9.17, 15) is 18.3 Å². The molecule has 29 heavy (non-hydrogen) atoms. The van der Waals surface area contributed by atoms with Crippen LogP contribution in [0.25, 0.3) is 0 Å². The van der Waals surface area contributed by atoms with E-state index in [0.717, 1.165) is 38.6 Å². The van der Waals surface area contributed by atoms with Gasteiger partial charge in [0.05, 0.1) is 23.1 Å². The van der Waals surface area contributed by atoms with Crippen LogP contribution in [0.1, 0.15) is 19.3 Å². The Kier molecular flexibility index (Phi) is 6.99. The molecule has 3 rings (SSSR count). The monoisotopic (exact) mass is 428 g/mol. The number of nitrogens with one attached hydrogen (secondary N) is 2. The molecular weight excluding hydrogens is 400 g/mol. The normalized spacial score (nSPS) is 22.2. The zero-order valence-corrected chi connectivity index (χ0v) is 17.2. The Labute approximate surface area is 170 Å². The van der Waals surface area contributed by atoms with Crippen molar-refractivity contribution in [2.75, 3.05) is 39.2 Å². The molecule has 3 N–H and O–H groups in total. The summed E-state index contributed by atoms with van der Waals surface area (Å²) in [5, 5.41) is 16.0. The molecular formula is C19H28N2O7S. The van der Waals surface area contributed by atoms with Crippen molar-refractivity contribution in [3.63, 3.8) is 0 Å². The average molecular weight is 429 g/mol. The average Bonchev–Trinajstić information content (AvgIpc) is 3.06. The lowest BCUT2D eigenvalue weighted by Crippen LogP contribution is -2.43. The highest BCUT2D eigenvalue weighted by molar-refractivity contribution is 7.90. The number of aliphatic hydroxyl groups excluding tert-OH is 1. The smallest absolute Gasteiger partial charge is 0.407 e. The molecule has 1 aromatic rings. The number of sulfone groups is 1. The van der Waals surface area contributed by atoms with Crippen molar-refractivity contribution in [3.8, 4) is 5.75 Å². The molecule has 0 unspecified atom stereocenters. The Morgan fingerprint density at radius 2 is 2.14 bits per heavy atom. The third-order valence-electron chi connectivity index (χ3n) is 5.13. The maximum Gasteiger partial charge on any atom is 0.407 e. The first kappa shape index (κ1) is 21.8. The largest absolute Gasteiger partial charge is 0.491 e. The lowest BCUT2D eigenvalue weighted by molar-refractivity contribution is -0.0194. The van der Waals surface area contributed by atoms with Gasteiger partial charge in [-0.05, 0) is 50.6 Å². The molecule has 0 radical (unpaired) electrons. The van der Waals surface area contributed by atoms with Crippen molar-refractivity contribution in [2.24, 2.45) is 0 Å². The van der Waals surface area contributed by atoms with Gasteiger partial charge in [-0.15, -0.1) is 0 Å². The standard InChI is InChI=1S/C19H28N2O7S/c1-29(24,25)17-4-2-3-16(9-17)26-12-15(22)13-27-18(23)21-14-10-19(28-11-14)5-7-20-8-6-19/h2-4,9,14-15,20,22H,5-8,10-13H2,1H3,(H,21,23)/t14-,15-/m1/s1. The van der Waals surface area contributed by atoms with E-state index < -0.39 is 22.0 Å². The number of hydrogen-bond donors (Lipinski definition) is 3. The van der Waals surface area contributed by atoms with Crippen molar-refractivity contribution in [1.82, 2.24) is 10.6 Å². The quantitative estimate of drug-likeness (QED) is 0.573. The van der Waals surface area contributed by atoms with Crippen molar-refractivity contribution >= 4 is 15.9 Å². The molecule has 10 heteroatoms. The third-order valence-corrected chi connectivity index (χ3v) is 6.24. The Morgan fingerprint density at radius 1 is 1.38 bits per heavy atom. The van der Waals surface area contributed by atoms with Gasteiger partial charge in [-0.25, -0.2) is 13.2 Å². The molecule has 0 aromatic heterocycles. The predicted molar refractivity (Wildman–Crippen MR) is 105 cm³/mol. The number of alkyl carbamates (subject to hydrolysis) is 1. The molecule has 2 fully saturated rings. The fourth-order valence-corrected chi connectivity index (χ4v) is 4.24. The summed E-state index contributed by atoms with van der Waals surface area (Å²) in [6.07, 6.45) is 2.07. The van der Waals surface area contributed by atoms with Crippen molar-refractivity contribution in [3.05, 3.63) is 24.3 Å². The van der Waals surface area contributed by atoms with Crippen LogP contribution in [-0.2, 0) is 19.3 Å². The van der Waals surface area contributed by atoms with E-state index in [1.165, 1.54) is 12.1 Å². The third kappa shape index (κ3) is 6.30. The first-order valence-corrected chi connectivity index (χ1v) is 11.5. The number of ether oxygens (including phenoxy) is 3. The second-order valence-electron chi connectivity index (χ2n) is 7.60. The molecule has 2 aliphatic heterocycles. The summed E-state index contributed by atoms with van der Waals surface area (Å²) >= 11 is 0. The molecule has 0 saturated carbocycles. The molecule has 0 aliphatic carbocycles. The Morgan fingerprint density at radius 3 is 2.86 bits per heavy atom. The van der Waals surface area contributed by atoms with Crippen LogP contribution in [-0.4, -0.2) is 76.5 Å². The van der Waals surface area contributed by atoms with E-state index in [-0.39, 0.29) is 29.8 Å². The second-order valence-corrected chi connectivity index (χ2v) is 9.62. The lowest BCUT2D eigenvalue weighted by atomic mass is 9.88. The minimum Gasteiger partial charge on any atom is -0.491 e. The molecule has 1 spiro atoms. The molecule has 2 saturated heterocycles. The van der Waals surface area contributed by atoms with Crippen LogP contribution in [0.3, 0.4) is 0 Å². The molecule has 2 aliphatic rings. The van der Waals surface area contributed by atoms with E-state index in [0.29, 0.717) is 12.4 Å². The van der Waals surface area contributed by atoms with Gasteiger partial charge < -0.3 is 30.0 Å². The number of carbonyl (C=O) groups excluding carboxylic acids is 1. The molecule has 1 amide bonds. The molecule has 1 aromatic carbocycles. The van der Waals surface area contributed by atoms with Gasteiger partial charge in [0.25, 0.3) is 0 Å². The van der Waals surface area contributed by atoms with Crippen LogP contribution in [0.4, 0.5) is 4.79 Å². The molecule has 2 heterocycles. The van der Waals surface area contributed by atoms with Crippen LogP contribution in [0.2, 0.25) is 0 Å². The first-order valence-electron chi connectivity index (χ1n) is 9.65. The van der Waals surface area contributed by atoms with Gasteiger partial charge in [0.2, 0.25) is 0 Å². The minimum absolute atomic E-state index is 0.104. The first-order chi connectivity index (χ1) is 13.8. The van der Waals surface area contributed by atoms with E-state index >= 15 is 0 Å². The fourth-order valence-electron chi connectivity index (χ4n) is 3.58. The van der Waals surface area contributed by atoms with Gasteiger partial charge in [-0.2, -0.15) is 0 Å². The number of hydrogen-bond acceptors (Lipinski definition) is 8. The van der Waals surface area contributed by atoms with Crippen LogP contribution < -0.4 is 15.4 Å². The zero-order chi connectivity index (χ0) is 20.9. The summed E-state index contributed by atoms with van der Waals surface area (Å²) in [5.41, 5.74) is -0.156.